The van der Waals surface area contributed by atoms with Crippen LogP contribution in [0.4, 0.5) is 0 Å². The molecule has 0 N–H and O–H groups in total. The predicted octanol–water partition coefficient (Wildman–Crippen LogP) is 1.72. The Kier molecular flexibility index (Phi) is 4.98. The molecule has 1 aliphatic heterocycles. The number of hydrogen-bond donors (Lipinski definition) is 0. The van der Waals surface area contributed by atoms with Gasteiger partial charge in [0, 0.05) is 0 Å². The first-order chi connectivity index (χ1) is 12.4. The van der Waals surface area contributed by atoms with Crippen LogP contribution in [0.5, 0.6) is 0 Å². The lowest BCUT2D eigenvalue weighted by Crippen LogP contribution is -2.38. The largest absolute Gasteiger partial charge is 0.229 e. The molecule has 2 aromatic rings. The Morgan fingerprint density at radius 2 is 0.963 bits per heavy atom. The zero-order valence-electron chi connectivity index (χ0n) is 14.9. The number of hydrogen-bond acceptors (Lipinski definition) is 6. The second kappa shape index (κ2) is 6.72. The normalized spacial score (nSPS) is 22.6. The van der Waals surface area contributed by atoms with E-state index in [0.29, 0.717) is 0 Å². The summed E-state index contributed by atoms with van der Waals surface area (Å²) in [5, 5.41) is -3.06. The van der Waals surface area contributed by atoms with E-state index in [2.05, 4.69) is 0 Å². The van der Waals surface area contributed by atoms with Gasteiger partial charge in [0.1, 0.15) is 0 Å². The second-order valence-electron chi connectivity index (χ2n) is 6.87. The van der Waals surface area contributed by atoms with Gasteiger partial charge in [0.15, 0.2) is 29.5 Å². The molecule has 0 saturated carbocycles. The molecule has 1 heterocycles. The molecule has 0 amide bonds. The fraction of sp³-hybridized carbons (Fsp3) is 0.333. The van der Waals surface area contributed by atoms with Crippen molar-refractivity contribution >= 4 is 29.5 Å². The Morgan fingerprint density at radius 1 is 0.667 bits per heavy atom. The Labute approximate surface area is 160 Å². The zero-order valence-corrected chi connectivity index (χ0v) is 17.3. The van der Waals surface area contributed by atoms with E-state index in [-0.39, 0.29) is 9.79 Å². The molecule has 9 heteroatoms. The molecular formula is C18H20O6S3. The Bertz CT molecular complexity index is 1070. The van der Waals surface area contributed by atoms with Gasteiger partial charge in [-0.2, -0.15) is 0 Å². The van der Waals surface area contributed by atoms with Crippen LogP contribution in [0.2, 0.25) is 0 Å². The van der Waals surface area contributed by atoms with Gasteiger partial charge in [-0.15, -0.1) is 0 Å². The van der Waals surface area contributed by atoms with E-state index in [1.165, 1.54) is 24.3 Å². The number of aryl methyl sites for hydroxylation is 2. The number of rotatable bonds is 4. The molecule has 2 atom stereocenters. The van der Waals surface area contributed by atoms with Crippen LogP contribution in [0.1, 0.15) is 11.1 Å². The molecular weight excluding hydrogens is 408 g/mol. The molecule has 0 aliphatic carbocycles. The molecule has 2 aromatic carbocycles. The summed E-state index contributed by atoms with van der Waals surface area (Å²) in [6, 6.07) is 11.9. The van der Waals surface area contributed by atoms with Crippen LogP contribution in [0.25, 0.3) is 0 Å². The predicted molar refractivity (Wildman–Crippen MR) is 103 cm³/mol. The van der Waals surface area contributed by atoms with Crippen LogP contribution in [0, 0.1) is 13.8 Å². The van der Waals surface area contributed by atoms with Gasteiger partial charge in [0.25, 0.3) is 0 Å². The van der Waals surface area contributed by atoms with Gasteiger partial charge < -0.3 is 0 Å². The minimum atomic E-state index is -4.13. The van der Waals surface area contributed by atoms with Crippen LogP contribution in [0.3, 0.4) is 0 Å². The molecule has 1 saturated heterocycles. The van der Waals surface area contributed by atoms with E-state index in [1.807, 2.05) is 0 Å². The summed E-state index contributed by atoms with van der Waals surface area (Å²) >= 11 is 0. The number of sulfone groups is 3. The smallest absolute Gasteiger partial charge is 0.183 e. The summed E-state index contributed by atoms with van der Waals surface area (Å²) < 4.78 is 76.6. The fourth-order valence-electron chi connectivity index (χ4n) is 3.17. The van der Waals surface area contributed by atoms with Crippen LogP contribution in [-0.4, -0.2) is 47.3 Å². The number of benzene rings is 2. The summed E-state index contributed by atoms with van der Waals surface area (Å²) in [6.45, 7) is 3.59. The van der Waals surface area contributed by atoms with E-state index in [9.17, 15) is 25.3 Å². The van der Waals surface area contributed by atoms with Crippen molar-refractivity contribution in [1.82, 2.24) is 0 Å². The van der Waals surface area contributed by atoms with Crippen molar-refractivity contribution in [3.8, 4) is 0 Å². The third-order valence-corrected chi connectivity index (χ3v) is 11.5. The summed E-state index contributed by atoms with van der Waals surface area (Å²) in [7, 11) is -12.1. The van der Waals surface area contributed by atoms with Crippen LogP contribution in [-0.2, 0) is 29.5 Å². The second-order valence-corrected chi connectivity index (χ2v) is 13.4. The summed E-state index contributed by atoms with van der Waals surface area (Å²) in [6.07, 6.45) is 0. The van der Waals surface area contributed by atoms with Gasteiger partial charge in [-0.3, -0.25) is 0 Å². The van der Waals surface area contributed by atoms with Crippen molar-refractivity contribution in [2.75, 3.05) is 11.5 Å². The maximum Gasteiger partial charge on any atom is 0.183 e. The lowest BCUT2D eigenvalue weighted by atomic mass is 10.2. The highest BCUT2D eigenvalue weighted by molar-refractivity contribution is 8.00. The lowest BCUT2D eigenvalue weighted by Gasteiger charge is -2.19. The van der Waals surface area contributed by atoms with Crippen LogP contribution in [0.15, 0.2) is 58.3 Å². The highest BCUT2D eigenvalue weighted by Gasteiger charge is 2.52. The molecule has 27 heavy (non-hydrogen) atoms. The first-order valence-corrected chi connectivity index (χ1v) is 13.2. The molecule has 0 radical (unpaired) electrons. The zero-order chi connectivity index (χ0) is 20.0. The Hall–Kier alpha value is -1.71. The lowest BCUT2D eigenvalue weighted by molar-refractivity contribution is 0.567. The average molecular weight is 429 g/mol. The minimum absolute atomic E-state index is 0.0701. The van der Waals surface area contributed by atoms with E-state index >= 15 is 0 Å². The van der Waals surface area contributed by atoms with E-state index < -0.39 is 51.5 Å². The highest BCUT2D eigenvalue weighted by atomic mass is 32.2. The van der Waals surface area contributed by atoms with Crippen molar-refractivity contribution < 1.29 is 25.3 Å². The van der Waals surface area contributed by atoms with Crippen molar-refractivity contribution in [1.29, 1.82) is 0 Å². The van der Waals surface area contributed by atoms with Crippen molar-refractivity contribution in [3.63, 3.8) is 0 Å². The van der Waals surface area contributed by atoms with Gasteiger partial charge in [-0.25, -0.2) is 25.3 Å². The van der Waals surface area contributed by atoms with Gasteiger partial charge in [0.05, 0.1) is 31.8 Å². The maximum absolute atomic E-state index is 13.0. The standard InChI is InChI=1S/C18H20O6S3/c1-13-3-7-15(8-4-13)26(21,22)17-11-25(19,20)12-18(17)27(23,24)16-9-5-14(2)6-10-16/h3-10,17-18H,11-12H2,1-2H3/t17-,18+. The van der Waals surface area contributed by atoms with Gasteiger partial charge in [0.2, 0.25) is 0 Å². The Morgan fingerprint density at radius 3 is 1.26 bits per heavy atom. The quantitative estimate of drug-likeness (QED) is 0.735. The first-order valence-electron chi connectivity index (χ1n) is 8.25. The molecule has 146 valence electrons. The topological polar surface area (TPSA) is 102 Å². The summed E-state index contributed by atoms with van der Waals surface area (Å²) in [4.78, 5) is -0.140. The van der Waals surface area contributed by atoms with Crippen molar-refractivity contribution in [2.24, 2.45) is 0 Å². The fourth-order valence-corrected chi connectivity index (χ4v) is 11.3. The monoisotopic (exact) mass is 428 g/mol. The maximum atomic E-state index is 13.0. The van der Waals surface area contributed by atoms with Crippen LogP contribution >= 0.6 is 0 Å². The third kappa shape index (κ3) is 3.81. The molecule has 1 aliphatic rings. The van der Waals surface area contributed by atoms with E-state index in [0.717, 1.165) is 11.1 Å². The molecule has 6 nitrogen and oxygen atoms in total. The Balaban J connectivity index is 2.10. The first kappa shape index (κ1) is 20.0. The van der Waals surface area contributed by atoms with Crippen molar-refractivity contribution in [2.45, 2.75) is 34.1 Å². The average Bonchev–Trinajstić information content (AvgIpc) is 2.93. The summed E-state index contributed by atoms with van der Waals surface area (Å²) in [5.41, 5.74) is 1.69. The molecule has 0 spiro atoms. The summed E-state index contributed by atoms with van der Waals surface area (Å²) in [5.74, 6) is -1.39. The minimum Gasteiger partial charge on any atom is -0.229 e. The highest BCUT2D eigenvalue weighted by Crippen LogP contribution is 2.33. The van der Waals surface area contributed by atoms with E-state index in [4.69, 9.17) is 0 Å². The molecule has 0 unspecified atom stereocenters. The van der Waals surface area contributed by atoms with Crippen LogP contribution < -0.4 is 0 Å². The molecule has 1 fully saturated rings. The van der Waals surface area contributed by atoms with Gasteiger partial charge in [-0.05, 0) is 38.1 Å². The van der Waals surface area contributed by atoms with Gasteiger partial charge in [-0.1, -0.05) is 35.4 Å². The molecule has 0 aromatic heterocycles. The molecule has 0 bridgehead atoms. The van der Waals surface area contributed by atoms with E-state index in [1.54, 1.807) is 38.1 Å². The third-order valence-electron chi connectivity index (χ3n) is 4.75. The SMILES string of the molecule is Cc1ccc(S(=O)(=O)[C@@H]2CS(=O)(=O)C[C@@H]2S(=O)(=O)c2ccc(C)cc2)cc1. The van der Waals surface area contributed by atoms with Gasteiger partial charge >= 0.3 is 0 Å². The molecule has 3 rings (SSSR count). The van der Waals surface area contributed by atoms with Crippen molar-refractivity contribution in [3.05, 3.63) is 59.7 Å².